The summed E-state index contributed by atoms with van der Waals surface area (Å²) >= 11 is 6.75. The quantitative estimate of drug-likeness (QED) is 0.425. The topological polar surface area (TPSA) is 102 Å². The smallest absolute Gasteiger partial charge is 0.288 e. The summed E-state index contributed by atoms with van der Waals surface area (Å²) < 4.78 is 0. The van der Waals surface area contributed by atoms with Crippen LogP contribution in [0.15, 0.2) is 36.0 Å². The number of carbonyl (C=O) groups excluding carboxylic acids is 3. The van der Waals surface area contributed by atoms with E-state index in [0.29, 0.717) is 5.02 Å². The van der Waals surface area contributed by atoms with Crippen molar-refractivity contribution in [3.63, 3.8) is 0 Å². The number of thioether (sulfide) groups is 1. The third-order valence-electron chi connectivity index (χ3n) is 3.30. The maximum absolute atomic E-state index is 12.0. The van der Waals surface area contributed by atoms with Crippen LogP contribution in [0.4, 0.5) is 4.79 Å². The maximum Gasteiger partial charge on any atom is 0.288 e. The highest BCUT2D eigenvalue weighted by molar-refractivity contribution is 8.14. The number of amides is 3. The molecule has 1 aliphatic rings. The first kappa shape index (κ1) is 18.8. The minimum Gasteiger partial charge on any atom is -0.388 e. The van der Waals surface area contributed by atoms with E-state index in [2.05, 4.69) is 10.6 Å². The molecule has 0 unspecified atom stereocenters. The lowest BCUT2D eigenvalue weighted by atomic mass is 10.2. The maximum atomic E-state index is 12.0. The summed E-state index contributed by atoms with van der Waals surface area (Å²) in [6.07, 6.45) is 1.27. The number of halogens is 1. The number of benzene rings is 1. The summed E-state index contributed by atoms with van der Waals surface area (Å²) in [7, 11) is 0. The number of carbonyl (C=O) groups is 3. The molecule has 1 aliphatic heterocycles. The normalized spacial score (nSPS) is 14.4. The van der Waals surface area contributed by atoms with Crippen LogP contribution in [0, 0.1) is 11.3 Å². The third-order valence-corrected chi connectivity index (χ3v) is 4.41. The van der Waals surface area contributed by atoms with E-state index in [1.165, 1.54) is 6.20 Å². The second kappa shape index (κ2) is 9.11. The summed E-state index contributed by atoms with van der Waals surface area (Å²) in [6.45, 7) is 0.711. The number of hydrogen-bond acceptors (Lipinski definition) is 6. The van der Waals surface area contributed by atoms with Crippen molar-refractivity contribution in [2.75, 3.05) is 18.8 Å². The van der Waals surface area contributed by atoms with Gasteiger partial charge in [0.25, 0.3) is 11.1 Å². The van der Waals surface area contributed by atoms with Gasteiger partial charge < -0.3 is 10.6 Å². The minimum atomic E-state index is -0.520. The van der Waals surface area contributed by atoms with Crippen molar-refractivity contribution in [1.29, 1.82) is 5.26 Å². The average Bonchev–Trinajstić information content (AvgIpc) is 2.92. The van der Waals surface area contributed by atoms with Crippen LogP contribution in [0.25, 0.3) is 0 Å². The van der Waals surface area contributed by atoms with Crippen LogP contribution in [0.1, 0.15) is 5.56 Å². The van der Waals surface area contributed by atoms with Gasteiger partial charge in [-0.2, -0.15) is 5.26 Å². The molecule has 3 amide bonds. The van der Waals surface area contributed by atoms with Crippen molar-refractivity contribution in [1.82, 2.24) is 15.5 Å². The van der Waals surface area contributed by atoms with Gasteiger partial charge in [-0.25, -0.2) is 0 Å². The predicted molar refractivity (Wildman–Crippen MR) is 94.6 cm³/mol. The summed E-state index contributed by atoms with van der Waals surface area (Å²) in [4.78, 5) is 36.0. The first-order chi connectivity index (χ1) is 12.0. The molecule has 2 N–H and O–H groups in total. The summed E-state index contributed by atoms with van der Waals surface area (Å²) in [5.74, 6) is -0.596. The second-order valence-electron chi connectivity index (χ2n) is 5.03. The molecule has 25 heavy (non-hydrogen) atoms. The Morgan fingerprint density at radius 3 is 2.68 bits per heavy atom. The zero-order chi connectivity index (χ0) is 18.2. The standard InChI is InChI=1S/C16H15ClN4O3S/c17-13-3-1-11(2-4-13)8-20-15(23)12(7-18)9-19-5-6-21-14(22)10-25-16(21)24/h1-4,9,19H,5-6,8,10H2,(H,20,23)/b12-9-. The molecule has 9 heteroatoms. The number of imide groups is 1. The first-order valence-corrected chi connectivity index (χ1v) is 8.71. The summed E-state index contributed by atoms with van der Waals surface area (Å²) in [5.41, 5.74) is 0.758. The van der Waals surface area contributed by atoms with E-state index >= 15 is 0 Å². The van der Waals surface area contributed by atoms with Gasteiger partial charge in [-0.1, -0.05) is 35.5 Å². The van der Waals surface area contributed by atoms with E-state index in [-0.39, 0.29) is 42.1 Å². The predicted octanol–water partition coefficient (Wildman–Crippen LogP) is 1.65. The zero-order valence-corrected chi connectivity index (χ0v) is 14.7. The molecule has 1 aromatic rings. The number of nitriles is 1. The Hall–Kier alpha value is -2.50. The Kier molecular flexibility index (Phi) is 6.86. The molecule has 0 aliphatic carbocycles. The van der Waals surface area contributed by atoms with Gasteiger partial charge in [-0.15, -0.1) is 0 Å². The van der Waals surface area contributed by atoms with Crippen LogP contribution >= 0.6 is 23.4 Å². The van der Waals surface area contributed by atoms with Crippen LogP contribution in [-0.4, -0.2) is 40.8 Å². The molecule has 0 radical (unpaired) electrons. The van der Waals surface area contributed by atoms with Gasteiger partial charge in [0.05, 0.1) is 5.75 Å². The highest BCUT2D eigenvalue weighted by Gasteiger charge is 2.28. The van der Waals surface area contributed by atoms with Crippen molar-refractivity contribution in [3.05, 3.63) is 46.6 Å². The first-order valence-electron chi connectivity index (χ1n) is 7.34. The molecule has 130 valence electrons. The van der Waals surface area contributed by atoms with Crippen LogP contribution in [0.2, 0.25) is 5.02 Å². The van der Waals surface area contributed by atoms with Crippen molar-refractivity contribution in [2.45, 2.75) is 6.54 Å². The van der Waals surface area contributed by atoms with E-state index in [4.69, 9.17) is 16.9 Å². The molecule has 1 heterocycles. The van der Waals surface area contributed by atoms with Gasteiger partial charge in [-0.3, -0.25) is 19.3 Å². The number of nitrogens with one attached hydrogen (secondary N) is 2. The van der Waals surface area contributed by atoms with E-state index in [1.54, 1.807) is 24.3 Å². The minimum absolute atomic E-state index is 0.0950. The largest absolute Gasteiger partial charge is 0.388 e. The second-order valence-corrected chi connectivity index (χ2v) is 6.40. The number of nitrogens with zero attached hydrogens (tertiary/aromatic N) is 2. The van der Waals surface area contributed by atoms with Crippen molar-refractivity contribution >= 4 is 40.4 Å². The molecular formula is C16H15ClN4O3S. The molecular weight excluding hydrogens is 364 g/mol. The van der Waals surface area contributed by atoms with Crippen molar-refractivity contribution in [3.8, 4) is 6.07 Å². The van der Waals surface area contributed by atoms with Gasteiger partial charge in [-0.05, 0) is 17.7 Å². The third kappa shape index (κ3) is 5.52. The lowest BCUT2D eigenvalue weighted by molar-refractivity contribution is -0.124. The Balaban J connectivity index is 1.79. The molecule has 0 saturated carbocycles. The van der Waals surface area contributed by atoms with Crippen molar-refractivity contribution in [2.24, 2.45) is 0 Å². The van der Waals surface area contributed by atoms with Gasteiger partial charge in [0.2, 0.25) is 5.91 Å². The molecule has 1 saturated heterocycles. The molecule has 1 aromatic carbocycles. The SMILES string of the molecule is N#C/C(=C/NCCN1C(=O)CSC1=O)C(=O)NCc1ccc(Cl)cc1. The average molecular weight is 379 g/mol. The Labute approximate surface area is 154 Å². The van der Waals surface area contributed by atoms with E-state index < -0.39 is 5.91 Å². The van der Waals surface area contributed by atoms with E-state index in [9.17, 15) is 14.4 Å². The van der Waals surface area contributed by atoms with Crippen molar-refractivity contribution < 1.29 is 14.4 Å². The lowest BCUT2D eigenvalue weighted by Gasteiger charge is -2.12. The molecule has 7 nitrogen and oxygen atoms in total. The summed E-state index contributed by atoms with van der Waals surface area (Å²) in [5, 5.41) is 14.8. The van der Waals surface area contributed by atoms with Crippen LogP contribution in [0.5, 0.6) is 0 Å². The molecule has 0 spiro atoms. The zero-order valence-electron chi connectivity index (χ0n) is 13.1. The Bertz CT molecular complexity index is 727. The fraction of sp³-hybridized carbons (Fsp3) is 0.250. The monoisotopic (exact) mass is 378 g/mol. The van der Waals surface area contributed by atoms with Gasteiger partial charge in [0.15, 0.2) is 0 Å². The van der Waals surface area contributed by atoms with E-state index in [1.807, 2.05) is 6.07 Å². The van der Waals surface area contributed by atoms with Crippen LogP contribution < -0.4 is 10.6 Å². The van der Waals surface area contributed by atoms with E-state index in [0.717, 1.165) is 22.2 Å². The molecule has 2 rings (SSSR count). The van der Waals surface area contributed by atoms with Gasteiger partial charge in [0, 0.05) is 30.9 Å². The lowest BCUT2D eigenvalue weighted by Crippen LogP contribution is -2.34. The highest BCUT2D eigenvalue weighted by Crippen LogP contribution is 2.17. The van der Waals surface area contributed by atoms with Crippen LogP contribution in [-0.2, 0) is 16.1 Å². The highest BCUT2D eigenvalue weighted by atomic mass is 35.5. The number of hydrogen-bond donors (Lipinski definition) is 2. The van der Waals surface area contributed by atoms with Gasteiger partial charge in [0.1, 0.15) is 11.6 Å². The van der Waals surface area contributed by atoms with Gasteiger partial charge >= 0.3 is 0 Å². The molecule has 0 atom stereocenters. The van der Waals surface area contributed by atoms with Crippen LogP contribution in [0.3, 0.4) is 0 Å². The fourth-order valence-corrected chi connectivity index (χ4v) is 2.85. The fourth-order valence-electron chi connectivity index (χ4n) is 1.98. The molecule has 1 fully saturated rings. The Morgan fingerprint density at radius 2 is 2.08 bits per heavy atom. The molecule has 0 aromatic heterocycles. The number of rotatable bonds is 7. The Morgan fingerprint density at radius 1 is 1.36 bits per heavy atom. The summed E-state index contributed by atoms with van der Waals surface area (Å²) in [6, 6.07) is 8.79. The molecule has 0 bridgehead atoms.